The van der Waals surface area contributed by atoms with E-state index in [1.165, 1.54) is 24.4 Å². The first-order valence-electron chi connectivity index (χ1n) is 39.1. The number of alkyl halides is 1. The number of pyridine rings is 4. The van der Waals surface area contributed by atoms with Crippen LogP contribution in [-0.4, -0.2) is 201 Å². The van der Waals surface area contributed by atoms with Crippen molar-refractivity contribution in [3.63, 3.8) is 0 Å². The van der Waals surface area contributed by atoms with Gasteiger partial charge >= 0.3 is 18.1 Å². The zero-order valence-electron chi connectivity index (χ0n) is 72.0. The van der Waals surface area contributed by atoms with Crippen molar-refractivity contribution < 1.29 is 59.7 Å². The number of anilines is 4. The quantitative estimate of drug-likeness (QED) is 0.0320. The number of nitrogens with zero attached hydrogens (tertiary/aromatic N) is 12. The van der Waals surface area contributed by atoms with Crippen molar-refractivity contribution in [2.75, 3.05) is 70.8 Å². The number of halogens is 2. The number of fused-ring (bicyclic) bond motifs is 12. The van der Waals surface area contributed by atoms with Crippen molar-refractivity contribution in [1.29, 1.82) is 0 Å². The van der Waals surface area contributed by atoms with Crippen LogP contribution in [0.4, 0.5) is 32.9 Å². The molecule has 0 saturated carbocycles. The minimum absolute atomic E-state index is 0.174. The highest BCUT2D eigenvalue weighted by Crippen LogP contribution is 2.42. The van der Waals surface area contributed by atoms with Crippen LogP contribution in [0.2, 0.25) is 78.6 Å². The first-order chi connectivity index (χ1) is 54.5. The normalized spacial score (nSPS) is 17.9. The number of aromatic nitrogens is 10. The van der Waals surface area contributed by atoms with Crippen LogP contribution < -0.4 is 50.3 Å². The summed E-state index contributed by atoms with van der Waals surface area (Å²) in [6.07, 6.45) is 15.8. The maximum absolute atomic E-state index is 13.5. The maximum atomic E-state index is 13.5. The number of amides is 2. The second kappa shape index (κ2) is 40.0. The molecule has 646 valence electrons. The number of ether oxygens (including phenoxy) is 5. The summed E-state index contributed by atoms with van der Waals surface area (Å²) in [6.45, 7) is 48.9. The molecule has 12 rings (SSSR count). The zero-order valence-corrected chi connectivity index (χ0v) is 80.0. The van der Waals surface area contributed by atoms with Crippen molar-refractivity contribution in [3.05, 3.63) is 136 Å². The van der Waals surface area contributed by atoms with E-state index in [0.717, 1.165) is 66.2 Å². The SMILES string of the molecule is CC(C)(C)OC(=O)n1ccc(=O)[nH]1.CC(C)(C)OC(=O)n1ccc(OC[Si](C)(C)C)n1.CC1(C)C[C@@H]2CCCNc3cccc(n3)S(=O)(=O)NC(=O)c3ccc(-n4ccc(OC[Si](C)(C)C)n4)nc3N1C2.CC1(C)C[C@@H]2CCCNc3cccc(n3)S(=O)(=O)NC(=O)c3ccc(Br)nc3N1C2.C[Si](C)(C)CCl.C[Si](C)(C)COC1=NN[C+]=C1. The van der Waals surface area contributed by atoms with E-state index in [0.29, 0.717) is 95.3 Å². The van der Waals surface area contributed by atoms with Crippen LogP contribution >= 0.6 is 27.5 Å². The van der Waals surface area contributed by atoms with Gasteiger partial charge in [0, 0.05) is 79.5 Å². The lowest BCUT2D eigenvalue weighted by Crippen LogP contribution is -2.41. The average Bonchev–Trinajstić information content (AvgIpc) is 1.54. The fourth-order valence-electron chi connectivity index (χ4n) is 11.9. The van der Waals surface area contributed by atoms with Gasteiger partial charge in [-0.1, -0.05) is 90.7 Å². The van der Waals surface area contributed by atoms with E-state index in [1.807, 2.05) is 20.8 Å². The van der Waals surface area contributed by atoms with Crippen LogP contribution in [0.5, 0.6) is 11.8 Å². The Morgan fingerprint density at radius 2 is 1.03 bits per heavy atom. The van der Waals surface area contributed by atoms with E-state index in [9.17, 15) is 40.8 Å². The lowest BCUT2D eigenvalue weighted by atomic mass is 9.93. The standard InChI is InChI=1S/C27H37N7O4SSi.C20H24BrN5O3S.C12H22N2O3Si.C8H12N2O3.C7H13N2OSi.C4H11ClSi/c1-27(2)16-19-8-7-14-28-21-9-6-10-24(29-21)39(36,37)32-26(35)20-11-12-22(30-25(20)33(27)17-19)34-15-13-23(31-34)38-18-40(3,4)5;1-20(2)11-13-5-4-10-22-16-6-3-7-17(24-16)30(28,29)25-19(27)14-8-9-15(21)23-18(14)26(20)12-13;1-12(2,3)17-11(15)14-8-7-10(13-14)16-9-18(4,5)6;1-8(2,3)13-7(12)10-5-4-6(11)9-10;1-11(2,3)6-10-7-4-5-8-9-7;1-6(2,3)4-5/h6,9-13,15,19H,7-8,14,16-18H2,1-5H3,(H,28,29)(H,32,35);3,6-9,13H,4-5,10-12H2,1-2H3,(H,22,24)(H,25,27);7-8H,9H2,1-6H3;4-5H,1-3H3,(H,9,11);4H,6H2,1-3H3,(H,8,9);4H2,1-3H3/q;;;;+1;/t19-;13-;;;;/m00..../s1. The molecule has 6 N–H and O–H groups in total. The minimum Gasteiger partial charge on any atom is -0.480 e. The molecule has 32 nitrogen and oxygen atoms in total. The molecule has 2 atom stereocenters. The number of H-pyrrole nitrogens is 1. The molecule has 2 fully saturated rings. The second-order valence-corrected chi connectivity index (χ2v) is 63.7. The summed E-state index contributed by atoms with van der Waals surface area (Å²) < 4.78 is 87.7. The summed E-state index contributed by atoms with van der Waals surface area (Å²) in [5.74, 6) is 3.31. The molecule has 5 aliphatic rings. The summed E-state index contributed by atoms with van der Waals surface area (Å²) >= 11 is 8.93. The summed E-state index contributed by atoms with van der Waals surface area (Å²) in [6, 6.07) is 20.6. The summed E-state index contributed by atoms with van der Waals surface area (Å²) in [5, 5.41) is 20.7. The van der Waals surface area contributed by atoms with Gasteiger partial charge in [-0.05, 0) is 189 Å². The molecule has 12 heterocycles. The molecule has 0 aliphatic carbocycles. The Morgan fingerprint density at radius 3 is 1.48 bits per heavy atom. The molecule has 7 aromatic rings. The van der Waals surface area contributed by atoms with Crippen molar-refractivity contribution in [1.82, 2.24) is 64.1 Å². The van der Waals surface area contributed by atoms with Gasteiger partial charge in [-0.15, -0.1) is 27.2 Å². The summed E-state index contributed by atoms with van der Waals surface area (Å²) in [7, 11) is -13.0. The van der Waals surface area contributed by atoms with Gasteiger partial charge in [0.1, 0.15) is 45.3 Å². The van der Waals surface area contributed by atoms with Gasteiger partial charge < -0.3 is 44.1 Å². The molecule has 8 bridgehead atoms. The number of rotatable bonds is 10. The van der Waals surface area contributed by atoms with E-state index >= 15 is 0 Å². The molecule has 0 unspecified atom stereocenters. The lowest BCUT2D eigenvalue weighted by molar-refractivity contribution is 0.0502. The highest BCUT2D eigenvalue weighted by Gasteiger charge is 2.43. The van der Waals surface area contributed by atoms with Crippen molar-refractivity contribution in [2.24, 2.45) is 16.9 Å². The van der Waals surface area contributed by atoms with Crippen molar-refractivity contribution >= 4 is 133 Å². The fraction of sp³-hybridized carbons (Fsp3) is 0.538. The highest BCUT2D eigenvalue weighted by molar-refractivity contribution is 9.10. The Morgan fingerprint density at radius 1 is 0.576 bits per heavy atom. The molecule has 0 aromatic carbocycles. The average molecular weight is 1820 g/mol. The molecule has 2 amide bonds. The van der Waals surface area contributed by atoms with Gasteiger partial charge in [-0.2, -0.15) is 26.2 Å². The number of aromatic amines is 1. The zero-order chi connectivity index (χ0) is 87.8. The number of carbonyl (C=O) groups is 4. The van der Waals surface area contributed by atoms with Crippen LogP contribution in [0.3, 0.4) is 0 Å². The Labute approximate surface area is 711 Å². The van der Waals surface area contributed by atoms with E-state index in [-0.39, 0.29) is 37.8 Å². The molecule has 40 heteroatoms. The number of hydrogen-bond acceptors (Lipinski definition) is 26. The Hall–Kier alpha value is -8.83. The monoisotopic (exact) mass is 1820 g/mol. The van der Waals surface area contributed by atoms with Gasteiger partial charge in [0.15, 0.2) is 15.9 Å². The topological polar surface area (TPSA) is 387 Å². The molecule has 5 aliphatic heterocycles. The van der Waals surface area contributed by atoms with Crippen molar-refractivity contribution in [2.45, 2.75) is 219 Å². The fourth-order valence-corrected chi connectivity index (χ4v) is 15.8. The van der Waals surface area contributed by atoms with Crippen LogP contribution in [0, 0.1) is 18.0 Å². The third-order valence-electron chi connectivity index (χ3n) is 17.2. The van der Waals surface area contributed by atoms with E-state index in [4.69, 9.17) is 40.3 Å². The Bertz CT molecular complexity index is 4960. The molecular formula is C78H119BrClN18O14S2Si4+. The van der Waals surface area contributed by atoms with Gasteiger partial charge in [-0.3, -0.25) is 19.5 Å². The van der Waals surface area contributed by atoms with Gasteiger partial charge in [0.05, 0.1) is 55.9 Å². The van der Waals surface area contributed by atoms with E-state index in [2.05, 4.69) is 199 Å². The van der Waals surface area contributed by atoms with E-state index < -0.39 is 87.5 Å². The Balaban J connectivity index is 0.000000216. The third-order valence-corrected chi connectivity index (χ3v) is 26.3. The number of hydrogen-bond donors (Lipinski definition) is 6. The summed E-state index contributed by atoms with van der Waals surface area (Å²) in [5.41, 5.74) is 1.95. The molecule has 2 saturated heterocycles. The maximum Gasteiger partial charge on any atom is 0.435 e. The lowest BCUT2D eigenvalue weighted by Gasteiger charge is -2.34. The first kappa shape index (κ1) is 96.3. The second-order valence-electron chi connectivity index (χ2n) is 37.2. The largest absolute Gasteiger partial charge is 0.480 e. The predicted octanol–water partition coefficient (Wildman–Crippen LogP) is 14.1. The molecular weight excluding hydrogens is 1700 g/mol. The molecule has 118 heavy (non-hydrogen) atoms. The number of sulfonamides is 2. The molecule has 0 spiro atoms. The number of nitrogens with one attached hydrogen (secondary N) is 6. The molecule has 0 radical (unpaired) electrons. The van der Waals surface area contributed by atoms with Crippen LogP contribution in [0.1, 0.15) is 128 Å². The smallest absolute Gasteiger partial charge is 0.435 e. The predicted molar refractivity (Wildman–Crippen MR) is 476 cm³/mol. The van der Waals surface area contributed by atoms with E-state index in [1.54, 1.807) is 105 Å². The number of hydrazone groups is 1. The first-order valence-corrected chi connectivity index (χ1v) is 58.2. The third kappa shape index (κ3) is 31.4. The van der Waals surface area contributed by atoms with Crippen LogP contribution in [-0.2, 0) is 34.3 Å². The van der Waals surface area contributed by atoms with Crippen LogP contribution in [0.25, 0.3) is 5.82 Å². The summed E-state index contributed by atoms with van der Waals surface area (Å²) in [4.78, 5) is 82.3. The van der Waals surface area contributed by atoms with Crippen molar-refractivity contribution in [3.8, 4) is 17.6 Å². The van der Waals surface area contributed by atoms with Crippen LogP contribution in [0.15, 0.2) is 128 Å². The molecule has 7 aromatic heterocycles. The van der Waals surface area contributed by atoms with Gasteiger partial charge in [0.2, 0.25) is 24.0 Å². The van der Waals surface area contributed by atoms with Gasteiger partial charge in [-0.25, -0.2) is 43.7 Å². The minimum atomic E-state index is -4.22. The highest BCUT2D eigenvalue weighted by atomic mass is 79.9. The Kier molecular flexibility index (Phi) is 32.7. The van der Waals surface area contributed by atoms with Gasteiger partial charge in [0.25, 0.3) is 37.4 Å². The number of carbonyl (C=O) groups excluding carboxylic acids is 4.